The van der Waals surface area contributed by atoms with Crippen LogP contribution >= 0.6 is 0 Å². The lowest BCUT2D eigenvalue weighted by Gasteiger charge is -2.20. The van der Waals surface area contributed by atoms with Gasteiger partial charge in [-0.25, -0.2) is 0 Å². The second-order valence-corrected chi connectivity index (χ2v) is 7.80. The van der Waals surface area contributed by atoms with Crippen molar-refractivity contribution in [1.29, 1.82) is 0 Å². The van der Waals surface area contributed by atoms with Crippen LogP contribution in [0.25, 0.3) is 0 Å². The molecule has 0 aliphatic heterocycles. The fourth-order valence-corrected chi connectivity index (χ4v) is 2.96. The van der Waals surface area contributed by atoms with Gasteiger partial charge in [-0.1, -0.05) is 42.5 Å². The van der Waals surface area contributed by atoms with Gasteiger partial charge in [0.15, 0.2) is 0 Å². The number of rotatable bonds is 4. The third-order valence-electron chi connectivity index (χ3n) is 2.84. The van der Waals surface area contributed by atoms with Gasteiger partial charge in [0.05, 0.1) is 15.7 Å². The molecule has 2 rings (SSSR count). The molecular formula is C17H20O2S. The first kappa shape index (κ1) is 14.8. The highest BCUT2D eigenvalue weighted by Gasteiger charge is 2.23. The molecule has 0 N–H and O–H groups in total. The maximum absolute atomic E-state index is 12.5. The van der Waals surface area contributed by atoms with Crippen LogP contribution in [0.5, 0.6) is 5.75 Å². The van der Waals surface area contributed by atoms with Gasteiger partial charge < -0.3 is 4.74 Å². The number of para-hydroxylation sites is 1. The Morgan fingerprint density at radius 1 is 0.950 bits per heavy atom. The molecule has 2 aromatic carbocycles. The van der Waals surface area contributed by atoms with E-state index in [2.05, 4.69) is 0 Å². The topological polar surface area (TPSA) is 26.3 Å². The molecule has 0 fully saturated rings. The minimum Gasteiger partial charge on any atom is -0.488 e. The molecule has 0 aliphatic carbocycles. The van der Waals surface area contributed by atoms with Crippen LogP contribution in [-0.2, 0) is 17.4 Å². The normalized spacial score (nSPS) is 12.9. The minimum atomic E-state index is -1.10. The van der Waals surface area contributed by atoms with Crippen molar-refractivity contribution in [2.45, 2.75) is 37.0 Å². The zero-order valence-electron chi connectivity index (χ0n) is 12.1. The Labute approximate surface area is 123 Å². The Bertz CT molecular complexity index is 585. The highest BCUT2D eigenvalue weighted by molar-refractivity contribution is 7.86. The number of ether oxygens (including phenoxy) is 1. The Morgan fingerprint density at radius 3 is 2.20 bits per heavy atom. The molecule has 1 atom stereocenters. The molecule has 20 heavy (non-hydrogen) atoms. The molecule has 3 heteroatoms. The molecular weight excluding hydrogens is 268 g/mol. The van der Waals surface area contributed by atoms with E-state index in [9.17, 15) is 4.21 Å². The van der Waals surface area contributed by atoms with Crippen molar-refractivity contribution in [3.05, 3.63) is 60.2 Å². The quantitative estimate of drug-likeness (QED) is 0.844. The van der Waals surface area contributed by atoms with E-state index in [0.29, 0.717) is 12.4 Å². The zero-order valence-corrected chi connectivity index (χ0v) is 12.9. The van der Waals surface area contributed by atoms with E-state index in [1.54, 1.807) is 0 Å². The smallest absolute Gasteiger partial charge is 0.135 e. The van der Waals surface area contributed by atoms with E-state index in [-0.39, 0.29) is 4.75 Å². The first-order valence-corrected chi connectivity index (χ1v) is 7.81. The van der Waals surface area contributed by atoms with Crippen LogP contribution in [-0.4, -0.2) is 8.96 Å². The van der Waals surface area contributed by atoms with Gasteiger partial charge in [-0.15, -0.1) is 0 Å². The number of benzene rings is 2. The monoisotopic (exact) mass is 288 g/mol. The largest absolute Gasteiger partial charge is 0.488 e. The number of hydrogen-bond acceptors (Lipinski definition) is 2. The standard InChI is InChI=1S/C17H20O2S/c1-17(2,3)20(18)16-12-8-7-11-15(16)19-13-14-9-5-4-6-10-14/h4-12H,13H2,1-3H3/t20-/m0/s1. The molecule has 0 heterocycles. The van der Waals surface area contributed by atoms with E-state index in [4.69, 9.17) is 4.74 Å². The lowest BCUT2D eigenvalue weighted by atomic mass is 10.2. The molecule has 0 saturated heterocycles. The third-order valence-corrected chi connectivity index (χ3v) is 4.69. The van der Waals surface area contributed by atoms with Crippen LogP contribution in [0.4, 0.5) is 0 Å². The second-order valence-electron chi connectivity index (χ2n) is 5.60. The molecule has 0 spiro atoms. The second kappa shape index (κ2) is 6.23. The summed E-state index contributed by atoms with van der Waals surface area (Å²) in [5.41, 5.74) is 1.10. The molecule has 0 aliphatic rings. The predicted octanol–water partition coefficient (Wildman–Crippen LogP) is 4.17. The van der Waals surface area contributed by atoms with E-state index < -0.39 is 10.8 Å². The summed E-state index contributed by atoms with van der Waals surface area (Å²) in [5, 5.41) is 0. The molecule has 2 aromatic rings. The fourth-order valence-electron chi connectivity index (χ4n) is 1.79. The third kappa shape index (κ3) is 3.70. The summed E-state index contributed by atoms with van der Waals surface area (Å²) in [6.45, 7) is 6.39. The summed E-state index contributed by atoms with van der Waals surface area (Å²) in [4.78, 5) is 0.760. The van der Waals surface area contributed by atoms with Crippen LogP contribution in [0.1, 0.15) is 26.3 Å². The summed E-state index contributed by atoms with van der Waals surface area (Å²) in [6.07, 6.45) is 0. The van der Waals surface area contributed by atoms with Crippen LogP contribution in [0.3, 0.4) is 0 Å². The first-order valence-electron chi connectivity index (χ1n) is 6.66. The zero-order chi connectivity index (χ0) is 14.6. The summed E-state index contributed by atoms with van der Waals surface area (Å²) in [5.74, 6) is 0.699. The van der Waals surface area contributed by atoms with Crippen molar-refractivity contribution >= 4 is 10.8 Å². The van der Waals surface area contributed by atoms with E-state index in [1.165, 1.54) is 0 Å². The van der Waals surface area contributed by atoms with Gasteiger partial charge in [-0.2, -0.15) is 0 Å². The highest BCUT2D eigenvalue weighted by atomic mass is 32.2. The molecule has 0 amide bonds. The lowest BCUT2D eigenvalue weighted by Crippen LogP contribution is -2.22. The van der Waals surface area contributed by atoms with Crippen LogP contribution in [0, 0.1) is 0 Å². The Kier molecular flexibility index (Phi) is 4.61. The van der Waals surface area contributed by atoms with Crippen molar-refractivity contribution in [2.75, 3.05) is 0 Å². The van der Waals surface area contributed by atoms with Gasteiger partial charge in [0.25, 0.3) is 0 Å². The molecule has 106 valence electrons. The maximum atomic E-state index is 12.5. The molecule has 2 nitrogen and oxygen atoms in total. The fraction of sp³-hybridized carbons (Fsp3) is 0.294. The summed E-state index contributed by atoms with van der Waals surface area (Å²) >= 11 is 0. The lowest BCUT2D eigenvalue weighted by molar-refractivity contribution is 0.298. The summed E-state index contributed by atoms with van der Waals surface area (Å²) in [6, 6.07) is 17.5. The van der Waals surface area contributed by atoms with Crippen molar-refractivity contribution in [3.8, 4) is 5.75 Å². The molecule has 0 saturated carbocycles. The van der Waals surface area contributed by atoms with Gasteiger partial charge in [0.2, 0.25) is 0 Å². The van der Waals surface area contributed by atoms with Gasteiger partial charge in [-0.3, -0.25) is 4.21 Å². The average molecular weight is 288 g/mol. The first-order chi connectivity index (χ1) is 9.48. The molecule has 0 radical (unpaired) electrons. The van der Waals surface area contributed by atoms with Gasteiger partial charge in [0.1, 0.15) is 12.4 Å². The Balaban J connectivity index is 2.19. The van der Waals surface area contributed by atoms with Gasteiger partial charge >= 0.3 is 0 Å². The SMILES string of the molecule is CC(C)(C)[S@@](=O)c1ccccc1OCc1ccccc1. The summed E-state index contributed by atoms with van der Waals surface area (Å²) < 4.78 is 18.1. The average Bonchev–Trinajstić information content (AvgIpc) is 2.45. The van der Waals surface area contributed by atoms with Crippen molar-refractivity contribution in [1.82, 2.24) is 0 Å². The Hall–Kier alpha value is -1.61. The van der Waals surface area contributed by atoms with E-state index in [1.807, 2.05) is 75.4 Å². The molecule has 0 bridgehead atoms. The summed E-state index contributed by atoms with van der Waals surface area (Å²) in [7, 11) is -1.10. The van der Waals surface area contributed by atoms with E-state index in [0.717, 1.165) is 10.5 Å². The van der Waals surface area contributed by atoms with Crippen LogP contribution < -0.4 is 4.74 Å². The van der Waals surface area contributed by atoms with Crippen molar-refractivity contribution < 1.29 is 8.95 Å². The minimum absolute atomic E-state index is 0.299. The molecule has 0 aromatic heterocycles. The Morgan fingerprint density at radius 2 is 1.55 bits per heavy atom. The van der Waals surface area contributed by atoms with Crippen LogP contribution in [0.2, 0.25) is 0 Å². The van der Waals surface area contributed by atoms with Gasteiger partial charge in [0, 0.05) is 4.75 Å². The van der Waals surface area contributed by atoms with Crippen molar-refractivity contribution in [3.63, 3.8) is 0 Å². The van der Waals surface area contributed by atoms with Crippen LogP contribution in [0.15, 0.2) is 59.5 Å². The maximum Gasteiger partial charge on any atom is 0.135 e. The number of hydrogen-bond donors (Lipinski definition) is 0. The predicted molar refractivity (Wildman–Crippen MR) is 83.4 cm³/mol. The van der Waals surface area contributed by atoms with E-state index >= 15 is 0 Å². The van der Waals surface area contributed by atoms with Crippen molar-refractivity contribution in [2.24, 2.45) is 0 Å². The van der Waals surface area contributed by atoms with Gasteiger partial charge in [-0.05, 0) is 38.5 Å². The molecule has 0 unspecified atom stereocenters. The highest BCUT2D eigenvalue weighted by Crippen LogP contribution is 2.28.